The van der Waals surface area contributed by atoms with Crippen LogP contribution in [0, 0.1) is 23.7 Å². The number of hydrogen-bond acceptors (Lipinski definition) is 3. The highest BCUT2D eigenvalue weighted by molar-refractivity contribution is 5.93. The quantitative estimate of drug-likeness (QED) is 0.883. The molecule has 0 aromatic carbocycles. The first-order valence-corrected chi connectivity index (χ1v) is 7.78. The Balaban J connectivity index is 1.39. The van der Waals surface area contributed by atoms with Gasteiger partial charge in [0.15, 0.2) is 0 Å². The summed E-state index contributed by atoms with van der Waals surface area (Å²) in [5, 5.41) is 6.39. The van der Waals surface area contributed by atoms with Crippen LogP contribution >= 0.6 is 0 Å². The van der Waals surface area contributed by atoms with E-state index in [1.165, 1.54) is 19.3 Å². The lowest BCUT2D eigenvalue weighted by Gasteiger charge is -2.10. The van der Waals surface area contributed by atoms with E-state index in [4.69, 9.17) is 0 Å². The molecule has 20 heavy (non-hydrogen) atoms. The normalized spacial score (nSPS) is 36.5. The van der Waals surface area contributed by atoms with E-state index < -0.39 is 0 Å². The summed E-state index contributed by atoms with van der Waals surface area (Å²) in [6.07, 6.45) is 5.91. The molecule has 4 unspecified atom stereocenters. The fraction of sp³-hybridized carbons (Fsp3) is 0.625. The van der Waals surface area contributed by atoms with Crippen molar-refractivity contribution in [1.82, 2.24) is 10.3 Å². The van der Waals surface area contributed by atoms with E-state index in [9.17, 15) is 4.79 Å². The highest BCUT2D eigenvalue weighted by Gasteiger charge is 2.65. The maximum Gasteiger partial charge on any atom is 0.270 e. The molecule has 3 aliphatic rings. The average Bonchev–Trinajstić information content (AvgIpc) is 2.85. The number of amides is 1. The predicted molar refractivity (Wildman–Crippen MR) is 77.5 cm³/mol. The standard InChI is InChI=1S/C16H21N3O/c1-2-17-11-5-6-12(18-8-11)16(20)19-15-13-9-3-4-10(7-9)14(13)15/h5-6,8-10,13-15,17H,2-4,7H2,1H3,(H,19,20). The van der Waals surface area contributed by atoms with E-state index in [2.05, 4.69) is 15.6 Å². The molecule has 0 saturated heterocycles. The Morgan fingerprint density at radius 3 is 2.65 bits per heavy atom. The maximum absolute atomic E-state index is 12.2. The van der Waals surface area contributed by atoms with Crippen molar-refractivity contribution in [3.8, 4) is 0 Å². The van der Waals surface area contributed by atoms with E-state index in [1.54, 1.807) is 12.3 Å². The average molecular weight is 271 g/mol. The molecule has 1 heterocycles. The second-order valence-corrected chi connectivity index (χ2v) is 6.45. The Kier molecular flexibility index (Phi) is 2.72. The molecule has 3 fully saturated rings. The molecule has 4 atom stereocenters. The SMILES string of the molecule is CCNc1ccc(C(=O)NC2C3C4CCC(C4)C23)nc1. The molecule has 4 rings (SSSR count). The van der Waals surface area contributed by atoms with Crippen molar-refractivity contribution < 1.29 is 4.79 Å². The largest absolute Gasteiger partial charge is 0.384 e. The van der Waals surface area contributed by atoms with E-state index in [0.29, 0.717) is 11.7 Å². The summed E-state index contributed by atoms with van der Waals surface area (Å²) in [6, 6.07) is 4.16. The minimum Gasteiger partial charge on any atom is -0.384 e. The van der Waals surface area contributed by atoms with Crippen LogP contribution in [0.15, 0.2) is 18.3 Å². The lowest BCUT2D eigenvalue weighted by atomic mass is 10.0. The van der Waals surface area contributed by atoms with E-state index >= 15 is 0 Å². The first kappa shape index (κ1) is 12.2. The number of nitrogens with one attached hydrogen (secondary N) is 2. The van der Waals surface area contributed by atoms with Gasteiger partial charge in [-0.05, 0) is 62.0 Å². The molecule has 2 bridgehead atoms. The summed E-state index contributed by atoms with van der Waals surface area (Å²) in [5.74, 6) is 3.32. The van der Waals surface area contributed by atoms with Crippen molar-refractivity contribution >= 4 is 11.6 Å². The molecule has 0 aliphatic heterocycles. The summed E-state index contributed by atoms with van der Waals surface area (Å²) >= 11 is 0. The summed E-state index contributed by atoms with van der Waals surface area (Å²) < 4.78 is 0. The lowest BCUT2D eigenvalue weighted by molar-refractivity contribution is 0.0939. The highest BCUT2D eigenvalue weighted by atomic mass is 16.2. The molecule has 1 aromatic heterocycles. The Labute approximate surface area is 119 Å². The zero-order valence-electron chi connectivity index (χ0n) is 11.8. The van der Waals surface area contributed by atoms with E-state index in [0.717, 1.165) is 35.9 Å². The van der Waals surface area contributed by atoms with Gasteiger partial charge in [-0.3, -0.25) is 4.79 Å². The van der Waals surface area contributed by atoms with E-state index in [1.807, 2.05) is 13.0 Å². The van der Waals surface area contributed by atoms with Gasteiger partial charge in [-0.1, -0.05) is 0 Å². The molecule has 3 aliphatic carbocycles. The topological polar surface area (TPSA) is 54.0 Å². The van der Waals surface area contributed by atoms with Gasteiger partial charge in [-0.15, -0.1) is 0 Å². The third kappa shape index (κ3) is 1.81. The van der Waals surface area contributed by atoms with Gasteiger partial charge in [0.1, 0.15) is 5.69 Å². The summed E-state index contributed by atoms with van der Waals surface area (Å²) in [6.45, 7) is 2.90. The molecule has 1 amide bonds. The van der Waals surface area contributed by atoms with Crippen molar-refractivity contribution in [2.75, 3.05) is 11.9 Å². The van der Waals surface area contributed by atoms with Crippen LogP contribution in [0.3, 0.4) is 0 Å². The third-order valence-electron chi connectivity index (χ3n) is 5.41. The van der Waals surface area contributed by atoms with Crippen molar-refractivity contribution in [2.24, 2.45) is 23.7 Å². The number of carbonyl (C=O) groups excluding carboxylic acids is 1. The first-order valence-electron chi connectivity index (χ1n) is 7.78. The van der Waals surface area contributed by atoms with Gasteiger partial charge in [0.2, 0.25) is 0 Å². The number of hydrogen-bond donors (Lipinski definition) is 2. The van der Waals surface area contributed by atoms with Crippen LogP contribution in [-0.2, 0) is 0 Å². The van der Waals surface area contributed by atoms with Crippen molar-refractivity contribution in [2.45, 2.75) is 32.2 Å². The Morgan fingerprint density at radius 1 is 1.30 bits per heavy atom. The summed E-state index contributed by atoms with van der Waals surface area (Å²) in [4.78, 5) is 16.5. The molecule has 0 radical (unpaired) electrons. The molecule has 106 valence electrons. The molecule has 0 spiro atoms. The number of aromatic nitrogens is 1. The van der Waals surface area contributed by atoms with Crippen molar-refractivity contribution in [1.29, 1.82) is 0 Å². The van der Waals surface area contributed by atoms with Gasteiger partial charge in [0.25, 0.3) is 5.91 Å². The van der Waals surface area contributed by atoms with Crippen LogP contribution in [0.1, 0.15) is 36.7 Å². The third-order valence-corrected chi connectivity index (χ3v) is 5.41. The zero-order valence-corrected chi connectivity index (χ0v) is 11.8. The second kappa shape index (κ2) is 4.47. The number of anilines is 1. The van der Waals surface area contributed by atoms with Gasteiger partial charge < -0.3 is 10.6 Å². The van der Waals surface area contributed by atoms with Gasteiger partial charge in [0.05, 0.1) is 11.9 Å². The summed E-state index contributed by atoms with van der Waals surface area (Å²) in [7, 11) is 0. The molecule has 4 heteroatoms. The second-order valence-electron chi connectivity index (χ2n) is 6.45. The van der Waals surface area contributed by atoms with Crippen LogP contribution < -0.4 is 10.6 Å². The number of fused-ring (bicyclic) bond motifs is 5. The number of nitrogens with zero attached hydrogens (tertiary/aromatic N) is 1. The van der Waals surface area contributed by atoms with Crippen LogP contribution in [0.2, 0.25) is 0 Å². The van der Waals surface area contributed by atoms with Gasteiger partial charge in [-0.25, -0.2) is 4.98 Å². The molecular weight excluding hydrogens is 250 g/mol. The first-order chi connectivity index (χ1) is 9.78. The highest BCUT2D eigenvalue weighted by Crippen LogP contribution is 2.65. The van der Waals surface area contributed by atoms with Crippen LogP contribution in [0.5, 0.6) is 0 Å². The molecule has 2 N–H and O–H groups in total. The molecule has 1 aromatic rings. The Bertz CT molecular complexity index is 511. The maximum atomic E-state index is 12.2. The van der Waals surface area contributed by atoms with E-state index in [-0.39, 0.29) is 5.91 Å². The molecule has 4 nitrogen and oxygen atoms in total. The lowest BCUT2D eigenvalue weighted by Crippen LogP contribution is -2.30. The summed E-state index contributed by atoms with van der Waals surface area (Å²) in [5.41, 5.74) is 1.49. The van der Waals surface area contributed by atoms with Crippen LogP contribution in [-0.4, -0.2) is 23.5 Å². The fourth-order valence-electron chi connectivity index (χ4n) is 4.58. The molecule has 3 saturated carbocycles. The van der Waals surface area contributed by atoms with Gasteiger partial charge >= 0.3 is 0 Å². The predicted octanol–water partition coefficient (Wildman–Crippen LogP) is 2.29. The van der Waals surface area contributed by atoms with Crippen molar-refractivity contribution in [3.05, 3.63) is 24.0 Å². The minimum absolute atomic E-state index is 0.00755. The Hall–Kier alpha value is -1.58. The van der Waals surface area contributed by atoms with Gasteiger partial charge in [0, 0.05) is 12.6 Å². The molecular formula is C16H21N3O. The van der Waals surface area contributed by atoms with Gasteiger partial charge in [-0.2, -0.15) is 0 Å². The monoisotopic (exact) mass is 271 g/mol. The number of carbonyl (C=O) groups is 1. The minimum atomic E-state index is -0.00755. The van der Waals surface area contributed by atoms with Crippen LogP contribution in [0.4, 0.5) is 5.69 Å². The number of pyridine rings is 1. The Morgan fingerprint density at radius 2 is 2.05 bits per heavy atom. The fourth-order valence-corrected chi connectivity index (χ4v) is 4.58. The van der Waals surface area contributed by atoms with Crippen molar-refractivity contribution in [3.63, 3.8) is 0 Å². The zero-order chi connectivity index (χ0) is 13.7. The number of rotatable bonds is 4. The van der Waals surface area contributed by atoms with Crippen LogP contribution in [0.25, 0.3) is 0 Å². The smallest absolute Gasteiger partial charge is 0.270 e.